The van der Waals surface area contributed by atoms with Gasteiger partial charge in [0.1, 0.15) is 0 Å². The Balaban J connectivity index is 1.29. The summed E-state index contributed by atoms with van der Waals surface area (Å²) < 4.78 is 1.62. The molecule has 4 heterocycles. The molecule has 4 N–H and O–H groups in total. The number of nitrogens with two attached hydrogens (primary N) is 1. The molecule has 1 fully saturated rings. The van der Waals surface area contributed by atoms with E-state index in [2.05, 4.69) is 97.1 Å². The number of fused-ring (bicyclic) bond motifs is 3. The van der Waals surface area contributed by atoms with Gasteiger partial charge in [-0.05, 0) is 55.3 Å². The molecule has 6 rings (SSSR count). The quantitative estimate of drug-likeness (QED) is 0.404. The zero-order valence-corrected chi connectivity index (χ0v) is 20.5. The van der Waals surface area contributed by atoms with Crippen LogP contribution in [0.4, 0.5) is 29.0 Å². The lowest BCUT2D eigenvalue weighted by molar-refractivity contribution is 0.501. The first-order valence-electron chi connectivity index (χ1n) is 12.3. The molecule has 2 aromatic heterocycles. The molecule has 1 atom stereocenters. The Morgan fingerprint density at radius 3 is 2.72 bits per heavy atom. The molecule has 0 spiro atoms. The number of piperazine rings is 1. The lowest BCUT2D eigenvalue weighted by atomic mass is 10.0. The summed E-state index contributed by atoms with van der Waals surface area (Å²) in [6, 6.07) is 19.1. The summed E-state index contributed by atoms with van der Waals surface area (Å²) in [6.07, 6.45) is 0.849. The van der Waals surface area contributed by atoms with Crippen LogP contribution in [0.1, 0.15) is 12.5 Å². The van der Waals surface area contributed by atoms with Gasteiger partial charge in [-0.15, -0.1) is 15.3 Å². The fourth-order valence-electron chi connectivity index (χ4n) is 5.01. The molecule has 0 radical (unpaired) electrons. The maximum Gasteiger partial charge on any atom is 0.241 e. The van der Waals surface area contributed by atoms with E-state index in [4.69, 9.17) is 5.73 Å². The number of nitrogen functional groups attached to an aromatic ring is 1. The van der Waals surface area contributed by atoms with Gasteiger partial charge in [0.15, 0.2) is 5.82 Å². The van der Waals surface area contributed by atoms with E-state index < -0.39 is 0 Å². The summed E-state index contributed by atoms with van der Waals surface area (Å²) in [5.74, 6) is 1.25. The summed E-state index contributed by atoms with van der Waals surface area (Å²) in [5.41, 5.74) is 12.4. The van der Waals surface area contributed by atoms with Crippen LogP contribution >= 0.6 is 0 Å². The number of nitrogens with zero attached hydrogens (tertiary/aromatic N) is 7. The zero-order chi connectivity index (χ0) is 24.6. The highest BCUT2D eigenvalue weighted by atomic mass is 15.5. The van der Waals surface area contributed by atoms with Crippen molar-refractivity contribution in [1.29, 1.82) is 0 Å². The molecule has 10 heteroatoms. The van der Waals surface area contributed by atoms with Gasteiger partial charge in [0, 0.05) is 61.9 Å². The van der Waals surface area contributed by atoms with Crippen LogP contribution in [0.15, 0.2) is 54.6 Å². The van der Waals surface area contributed by atoms with Crippen LogP contribution in [0.5, 0.6) is 0 Å². The van der Waals surface area contributed by atoms with Crippen molar-refractivity contribution in [3.63, 3.8) is 0 Å². The van der Waals surface area contributed by atoms with Crippen molar-refractivity contribution in [3.8, 4) is 17.1 Å². The second-order valence-corrected chi connectivity index (χ2v) is 9.39. The first kappa shape index (κ1) is 22.3. The molecule has 0 aliphatic carbocycles. The predicted molar refractivity (Wildman–Crippen MR) is 143 cm³/mol. The van der Waals surface area contributed by atoms with E-state index in [0.717, 1.165) is 60.8 Å². The molecule has 0 saturated carbocycles. The lowest BCUT2D eigenvalue weighted by Gasteiger charge is -2.36. The van der Waals surface area contributed by atoms with Gasteiger partial charge in [0.05, 0.1) is 5.69 Å². The molecular weight excluding hydrogens is 452 g/mol. The average Bonchev–Trinajstić information content (AvgIpc) is 3.20. The van der Waals surface area contributed by atoms with Gasteiger partial charge in [-0.3, -0.25) is 0 Å². The molecule has 2 aliphatic heterocycles. The molecule has 184 valence electrons. The molecule has 10 nitrogen and oxygen atoms in total. The topological polar surface area (TPSA) is 113 Å². The number of hydrogen-bond donors (Lipinski definition) is 3. The Kier molecular flexibility index (Phi) is 5.65. The SMILES string of the molecule is CC1CNCCN1c1ccc(Nc2nc(N)nn2-c2cc3c(nn2)-c2ccccc2N(C)CC3)cc1. The van der Waals surface area contributed by atoms with Gasteiger partial charge in [0.2, 0.25) is 11.9 Å². The highest BCUT2D eigenvalue weighted by molar-refractivity contribution is 5.79. The minimum absolute atomic E-state index is 0.172. The largest absolute Gasteiger partial charge is 0.374 e. The number of hydrogen-bond acceptors (Lipinski definition) is 9. The molecular formula is C26H30N10. The zero-order valence-electron chi connectivity index (χ0n) is 20.5. The summed E-state index contributed by atoms with van der Waals surface area (Å²) in [4.78, 5) is 9.08. The van der Waals surface area contributed by atoms with E-state index in [0.29, 0.717) is 17.8 Å². The number of nitrogens with one attached hydrogen (secondary N) is 2. The van der Waals surface area contributed by atoms with E-state index in [1.165, 1.54) is 5.69 Å². The second kappa shape index (κ2) is 9.12. The number of likely N-dealkylation sites (N-methyl/N-ethyl adjacent to an activating group) is 1. The minimum atomic E-state index is 0.172. The van der Waals surface area contributed by atoms with Crippen LogP contribution in [0.25, 0.3) is 17.1 Å². The van der Waals surface area contributed by atoms with E-state index in [-0.39, 0.29) is 5.95 Å². The van der Waals surface area contributed by atoms with Crippen LogP contribution in [0.3, 0.4) is 0 Å². The molecule has 2 aromatic carbocycles. The van der Waals surface area contributed by atoms with Gasteiger partial charge >= 0.3 is 0 Å². The Morgan fingerprint density at radius 2 is 1.89 bits per heavy atom. The first-order valence-corrected chi connectivity index (χ1v) is 12.3. The smallest absolute Gasteiger partial charge is 0.241 e. The van der Waals surface area contributed by atoms with Crippen molar-refractivity contribution in [1.82, 2.24) is 30.3 Å². The Labute approximate surface area is 210 Å². The maximum atomic E-state index is 6.00. The first-order chi connectivity index (χ1) is 17.6. The maximum absolute atomic E-state index is 6.00. The van der Waals surface area contributed by atoms with Gasteiger partial charge < -0.3 is 26.2 Å². The van der Waals surface area contributed by atoms with Crippen molar-refractivity contribution in [2.24, 2.45) is 0 Å². The lowest BCUT2D eigenvalue weighted by Crippen LogP contribution is -2.49. The van der Waals surface area contributed by atoms with Crippen molar-refractivity contribution < 1.29 is 0 Å². The molecule has 0 amide bonds. The molecule has 36 heavy (non-hydrogen) atoms. The van der Waals surface area contributed by atoms with Gasteiger partial charge in [-0.25, -0.2) is 0 Å². The van der Waals surface area contributed by atoms with E-state index in [9.17, 15) is 0 Å². The average molecular weight is 483 g/mol. The highest BCUT2D eigenvalue weighted by Crippen LogP contribution is 2.34. The van der Waals surface area contributed by atoms with Crippen LogP contribution in [0, 0.1) is 0 Å². The number of rotatable bonds is 4. The highest BCUT2D eigenvalue weighted by Gasteiger charge is 2.22. The minimum Gasteiger partial charge on any atom is -0.374 e. The van der Waals surface area contributed by atoms with E-state index >= 15 is 0 Å². The molecule has 2 aliphatic rings. The normalized spacial score (nSPS) is 17.3. The molecule has 0 bridgehead atoms. The summed E-state index contributed by atoms with van der Waals surface area (Å²) in [6.45, 7) is 6.11. The third-order valence-electron chi connectivity index (χ3n) is 6.94. The summed E-state index contributed by atoms with van der Waals surface area (Å²) >= 11 is 0. The van der Waals surface area contributed by atoms with E-state index in [1.807, 2.05) is 12.1 Å². The van der Waals surface area contributed by atoms with Crippen molar-refractivity contribution in [3.05, 3.63) is 60.2 Å². The summed E-state index contributed by atoms with van der Waals surface area (Å²) in [7, 11) is 2.10. The van der Waals surface area contributed by atoms with Crippen LogP contribution in [0.2, 0.25) is 0 Å². The van der Waals surface area contributed by atoms with Crippen LogP contribution in [-0.4, -0.2) is 64.2 Å². The monoisotopic (exact) mass is 482 g/mol. The standard InChI is InChI=1S/C26H30N10/c1-17-16-28-12-14-35(17)20-9-7-19(8-10-20)29-26-30-25(27)33-36(26)23-15-18-11-13-34(2)22-6-4-3-5-21(22)24(18)32-31-23/h3-10,15,17,28H,11-14,16H2,1-2H3,(H3,27,29,30,33). The second-order valence-electron chi connectivity index (χ2n) is 9.39. The predicted octanol–water partition coefficient (Wildman–Crippen LogP) is 2.84. The number of benzene rings is 2. The van der Waals surface area contributed by atoms with Crippen LogP contribution in [-0.2, 0) is 6.42 Å². The van der Waals surface area contributed by atoms with Gasteiger partial charge in [-0.2, -0.15) is 9.67 Å². The molecule has 1 saturated heterocycles. The molecule has 1 unspecified atom stereocenters. The van der Waals surface area contributed by atoms with Crippen LogP contribution < -0.4 is 26.2 Å². The third-order valence-corrected chi connectivity index (χ3v) is 6.94. The van der Waals surface area contributed by atoms with Gasteiger partial charge in [0.25, 0.3) is 0 Å². The third kappa shape index (κ3) is 4.09. The number of para-hydroxylation sites is 1. The summed E-state index contributed by atoms with van der Waals surface area (Å²) in [5, 5.41) is 20.3. The van der Waals surface area contributed by atoms with Crippen molar-refractivity contribution >= 4 is 29.0 Å². The number of aromatic nitrogens is 5. The van der Waals surface area contributed by atoms with Crippen molar-refractivity contribution in [2.45, 2.75) is 19.4 Å². The Hall–Kier alpha value is -4.18. The fourth-order valence-corrected chi connectivity index (χ4v) is 5.01. The van der Waals surface area contributed by atoms with Crippen molar-refractivity contribution in [2.75, 3.05) is 54.1 Å². The van der Waals surface area contributed by atoms with E-state index in [1.54, 1.807) is 4.68 Å². The Bertz CT molecular complexity index is 1380. The fraction of sp³-hybridized carbons (Fsp3) is 0.308. The molecule has 4 aromatic rings. The Morgan fingerprint density at radius 1 is 1.06 bits per heavy atom. The van der Waals surface area contributed by atoms with Gasteiger partial charge in [-0.1, -0.05) is 18.2 Å². The number of anilines is 5.